The van der Waals surface area contributed by atoms with Gasteiger partial charge in [0.1, 0.15) is 12.1 Å². The van der Waals surface area contributed by atoms with Gasteiger partial charge in [0.15, 0.2) is 0 Å². The van der Waals surface area contributed by atoms with Crippen molar-refractivity contribution >= 4 is 11.8 Å². The third-order valence-electron chi connectivity index (χ3n) is 5.34. The summed E-state index contributed by atoms with van der Waals surface area (Å²) in [6, 6.07) is -0.422. The number of nitrogens with zero attached hydrogens (tertiary/aromatic N) is 1. The molecule has 0 bridgehead atoms. The Morgan fingerprint density at radius 3 is 2.38 bits per heavy atom. The largest absolute Gasteiger partial charge is 0.343 e. The molecule has 1 saturated carbocycles. The number of carbonyl (C=O) groups excluding carboxylic acids is 2. The fourth-order valence-electron chi connectivity index (χ4n) is 3.75. The lowest BCUT2D eigenvalue weighted by atomic mass is 9.78. The minimum absolute atomic E-state index is 0.00604. The molecule has 4 heteroatoms. The van der Waals surface area contributed by atoms with Crippen molar-refractivity contribution in [2.45, 2.75) is 78.4 Å². The standard InChI is InChI=1S/C17H30N2O2/c1-10(2)8-15-17(21)19(13(5)16(20)18-15)14-7-6-11(3)12(4)9-14/h10-15H,6-9H2,1-5H3,(H,18,20). The number of hydrogen-bond acceptors (Lipinski definition) is 2. The Balaban J connectivity index is 2.15. The zero-order valence-electron chi connectivity index (χ0n) is 14.1. The number of carbonyl (C=O) groups is 2. The summed E-state index contributed by atoms with van der Waals surface area (Å²) in [5, 5.41) is 2.91. The van der Waals surface area contributed by atoms with Crippen molar-refractivity contribution in [1.82, 2.24) is 10.2 Å². The third kappa shape index (κ3) is 3.41. The van der Waals surface area contributed by atoms with Crippen LogP contribution >= 0.6 is 0 Å². The van der Waals surface area contributed by atoms with E-state index in [4.69, 9.17) is 0 Å². The summed E-state index contributed by atoms with van der Waals surface area (Å²) in [4.78, 5) is 26.9. The summed E-state index contributed by atoms with van der Waals surface area (Å²) in [6.07, 6.45) is 3.94. The van der Waals surface area contributed by atoms with Crippen LogP contribution in [0.15, 0.2) is 0 Å². The maximum atomic E-state index is 12.8. The van der Waals surface area contributed by atoms with Crippen LogP contribution in [0.4, 0.5) is 0 Å². The van der Waals surface area contributed by atoms with Gasteiger partial charge in [-0.15, -0.1) is 0 Å². The van der Waals surface area contributed by atoms with Gasteiger partial charge in [0.05, 0.1) is 0 Å². The van der Waals surface area contributed by atoms with Gasteiger partial charge in [0.25, 0.3) is 0 Å². The fourth-order valence-corrected chi connectivity index (χ4v) is 3.75. The van der Waals surface area contributed by atoms with Gasteiger partial charge in [0.2, 0.25) is 11.8 Å². The Hall–Kier alpha value is -1.06. The predicted molar refractivity (Wildman–Crippen MR) is 83.7 cm³/mol. The van der Waals surface area contributed by atoms with E-state index in [0.717, 1.165) is 31.6 Å². The summed E-state index contributed by atoms with van der Waals surface area (Å²) >= 11 is 0. The van der Waals surface area contributed by atoms with E-state index in [9.17, 15) is 9.59 Å². The molecular weight excluding hydrogens is 264 g/mol. The van der Waals surface area contributed by atoms with Crippen molar-refractivity contribution in [1.29, 1.82) is 0 Å². The van der Waals surface area contributed by atoms with E-state index in [1.165, 1.54) is 0 Å². The van der Waals surface area contributed by atoms with Crippen LogP contribution in [0.25, 0.3) is 0 Å². The number of amides is 2. The summed E-state index contributed by atoms with van der Waals surface area (Å²) < 4.78 is 0. The molecule has 2 fully saturated rings. The van der Waals surface area contributed by atoms with Crippen LogP contribution in [0, 0.1) is 17.8 Å². The van der Waals surface area contributed by atoms with Gasteiger partial charge < -0.3 is 10.2 Å². The van der Waals surface area contributed by atoms with E-state index in [0.29, 0.717) is 11.8 Å². The lowest BCUT2D eigenvalue weighted by Crippen LogP contribution is -2.65. The van der Waals surface area contributed by atoms with Crippen molar-refractivity contribution in [2.24, 2.45) is 17.8 Å². The smallest absolute Gasteiger partial charge is 0.246 e. The molecule has 0 aromatic heterocycles. The van der Waals surface area contributed by atoms with Crippen LogP contribution < -0.4 is 5.32 Å². The lowest BCUT2D eigenvalue weighted by Gasteiger charge is -2.46. The van der Waals surface area contributed by atoms with Gasteiger partial charge in [-0.3, -0.25) is 9.59 Å². The highest BCUT2D eigenvalue weighted by atomic mass is 16.2. The zero-order chi connectivity index (χ0) is 15.7. The molecule has 1 N–H and O–H groups in total. The number of hydrogen-bond donors (Lipinski definition) is 1. The average Bonchev–Trinajstić information content (AvgIpc) is 2.40. The minimum atomic E-state index is -0.330. The monoisotopic (exact) mass is 294 g/mol. The van der Waals surface area contributed by atoms with E-state index in [1.807, 2.05) is 11.8 Å². The van der Waals surface area contributed by atoms with Gasteiger partial charge in [0, 0.05) is 6.04 Å². The highest BCUT2D eigenvalue weighted by Crippen LogP contribution is 2.34. The molecule has 2 aliphatic rings. The molecule has 0 aromatic carbocycles. The molecule has 0 aromatic rings. The first kappa shape index (κ1) is 16.3. The molecule has 4 nitrogen and oxygen atoms in total. The van der Waals surface area contributed by atoms with Gasteiger partial charge in [-0.25, -0.2) is 0 Å². The molecule has 1 saturated heterocycles. The van der Waals surface area contributed by atoms with Crippen molar-refractivity contribution in [3.8, 4) is 0 Å². The van der Waals surface area contributed by atoms with Gasteiger partial charge in [-0.1, -0.05) is 27.7 Å². The maximum absolute atomic E-state index is 12.8. The SMILES string of the molecule is CC(C)CC1NC(=O)C(C)N(C2CCC(C)C(C)C2)C1=O. The van der Waals surface area contributed by atoms with Crippen LogP contribution in [0.2, 0.25) is 0 Å². The lowest BCUT2D eigenvalue weighted by molar-refractivity contribution is -0.153. The van der Waals surface area contributed by atoms with Crippen LogP contribution in [0.1, 0.15) is 60.3 Å². The van der Waals surface area contributed by atoms with Crippen LogP contribution in [0.3, 0.4) is 0 Å². The molecule has 21 heavy (non-hydrogen) atoms. The van der Waals surface area contributed by atoms with Gasteiger partial charge >= 0.3 is 0 Å². The van der Waals surface area contributed by atoms with Crippen LogP contribution in [0.5, 0.6) is 0 Å². The highest BCUT2D eigenvalue weighted by molar-refractivity contribution is 5.96. The molecule has 2 amide bonds. The Bertz CT molecular complexity index is 408. The van der Waals surface area contributed by atoms with E-state index < -0.39 is 0 Å². The second kappa shape index (κ2) is 6.37. The number of piperazine rings is 1. The second-order valence-electron chi connectivity index (χ2n) is 7.53. The van der Waals surface area contributed by atoms with Crippen LogP contribution in [-0.4, -0.2) is 34.8 Å². The molecule has 0 spiro atoms. The molecule has 0 radical (unpaired) electrons. The zero-order valence-corrected chi connectivity index (χ0v) is 14.1. The van der Waals surface area contributed by atoms with Gasteiger partial charge in [-0.2, -0.15) is 0 Å². The van der Waals surface area contributed by atoms with Crippen molar-refractivity contribution in [3.63, 3.8) is 0 Å². The normalized spacial score (nSPS) is 37.8. The van der Waals surface area contributed by atoms with E-state index >= 15 is 0 Å². The Labute approximate surface area is 128 Å². The summed E-state index contributed by atoms with van der Waals surface area (Å²) in [5.41, 5.74) is 0. The van der Waals surface area contributed by atoms with Crippen molar-refractivity contribution in [2.75, 3.05) is 0 Å². The van der Waals surface area contributed by atoms with E-state index in [2.05, 4.69) is 33.0 Å². The average molecular weight is 294 g/mol. The Morgan fingerprint density at radius 2 is 1.81 bits per heavy atom. The van der Waals surface area contributed by atoms with Crippen LogP contribution in [-0.2, 0) is 9.59 Å². The number of nitrogens with one attached hydrogen (secondary N) is 1. The minimum Gasteiger partial charge on any atom is -0.343 e. The van der Waals surface area contributed by atoms with E-state index in [1.54, 1.807) is 0 Å². The maximum Gasteiger partial charge on any atom is 0.246 e. The molecule has 2 rings (SSSR count). The quantitative estimate of drug-likeness (QED) is 0.869. The molecule has 120 valence electrons. The first-order valence-electron chi connectivity index (χ1n) is 8.43. The Morgan fingerprint density at radius 1 is 1.14 bits per heavy atom. The highest BCUT2D eigenvalue weighted by Gasteiger charge is 2.43. The molecule has 5 atom stereocenters. The predicted octanol–water partition coefficient (Wildman–Crippen LogP) is 2.57. The molecule has 1 aliphatic carbocycles. The summed E-state index contributed by atoms with van der Waals surface area (Å²) in [5.74, 6) is 1.88. The summed E-state index contributed by atoms with van der Waals surface area (Å²) in [6.45, 7) is 10.6. The first-order chi connectivity index (χ1) is 9.81. The van der Waals surface area contributed by atoms with Crippen molar-refractivity contribution in [3.05, 3.63) is 0 Å². The molecular formula is C17H30N2O2. The molecule has 1 aliphatic heterocycles. The molecule has 5 unspecified atom stereocenters. The first-order valence-corrected chi connectivity index (χ1v) is 8.43. The third-order valence-corrected chi connectivity index (χ3v) is 5.34. The summed E-state index contributed by atoms with van der Waals surface area (Å²) in [7, 11) is 0. The molecule has 1 heterocycles. The topological polar surface area (TPSA) is 49.4 Å². The van der Waals surface area contributed by atoms with Gasteiger partial charge in [-0.05, 0) is 50.4 Å². The van der Waals surface area contributed by atoms with E-state index in [-0.39, 0.29) is 29.9 Å². The van der Waals surface area contributed by atoms with Crippen molar-refractivity contribution < 1.29 is 9.59 Å². The Kier molecular flexibility index (Phi) is 4.95. The fraction of sp³-hybridized carbons (Fsp3) is 0.882. The second-order valence-corrected chi connectivity index (χ2v) is 7.53. The number of rotatable bonds is 3.